The zero-order chi connectivity index (χ0) is 12.5. The quantitative estimate of drug-likeness (QED) is 0.657. The van der Waals surface area contributed by atoms with Crippen molar-refractivity contribution in [2.24, 2.45) is 0 Å². The van der Waals surface area contributed by atoms with Crippen LogP contribution in [0.1, 0.15) is 0 Å². The van der Waals surface area contributed by atoms with E-state index in [0.717, 1.165) is 19.1 Å². The van der Waals surface area contributed by atoms with Crippen LogP contribution in [0.2, 0.25) is 0 Å². The number of hydrogen-bond donors (Lipinski definition) is 1. The lowest BCUT2D eigenvalue weighted by molar-refractivity contribution is 0.629. The molecule has 0 aliphatic rings. The first-order chi connectivity index (χ1) is 8.70. The molecule has 0 fully saturated rings. The topological polar surface area (TPSA) is 24.9 Å². The molecule has 90 valence electrons. The monoisotopic (exact) mass is 370 g/mol. The predicted octanol–water partition coefficient (Wildman–Crippen LogP) is 4.78. The van der Waals surface area contributed by atoms with Crippen LogP contribution in [-0.2, 0) is 0 Å². The second-order valence-corrected chi connectivity index (χ2v) is 6.04. The van der Waals surface area contributed by atoms with Crippen LogP contribution < -0.4 is 5.32 Å². The van der Waals surface area contributed by atoms with E-state index in [1.54, 1.807) is 6.07 Å². The molecular weight excluding hydrogens is 362 g/mol. The van der Waals surface area contributed by atoms with Gasteiger partial charge in [-0.05, 0) is 52.9 Å². The highest BCUT2D eigenvalue weighted by Gasteiger charge is 2.05. The SMILES string of the molecule is Fc1ccc2sc(Nc3cccc(I)c3)nc2c1. The largest absolute Gasteiger partial charge is 0.331 e. The molecule has 0 atom stereocenters. The number of benzene rings is 2. The summed E-state index contributed by atoms with van der Waals surface area (Å²) in [4.78, 5) is 4.36. The van der Waals surface area contributed by atoms with Crippen molar-refractivity contribution in [2.75, 3.05) is 5.32 Å². The summed E-state index contributed by atoms with van der Waals surface area (Å²) in [7, 11) is 0. The second-order valence-electron chi connectivity index (χ2n) is 3.77. The number of hydrogen-bond acceptors (Lipinski definition) is 3. The van der Waals surface area contributed by atoms with Crippen LogP contribution in [0.4, 0.5) is 15.2 Å². The molecule has 0 radical (unpaired) electrons. The Balaban J connectivity index is 1.95. The minimum absolute atomic E-state index is 0.256. The lowest BCUT2D eigenvalue weighted by atomic mass is 10.3. The van der Waals surface area contributed by atoms with Crippen LogP contribution in [0, 0.1) is 9.39 Å². The van der Waals surface area contributed by atoms with Crippen molar-refractivity contribution in [2.45, 2.75) is 0 Å². The number of rotatable bonds is 2. The number of aromatic nitrogens is 1. The van der Waals surface area contributed by atoms with Gasteiger partial charge in [0.05, 0.1) is 10.2 Å². The fourth-order valence-corrected chi connectivity index (χ4v) is 3.05. The van der Waals surface area contributed by atoms with Crippen LogP contribution >= 0.6 is 33.9 Å². The summed E-state index contributed by atoms with van der Waals surface area (Å²) >= 11 is 3.78. The summed E-state index contributed by atoms with van der Waals surface area (Å²) in [5.41, 5.74) is 1.68. The number of fused-ring (bicyclic) bond motifs is 1. The van der Waals surface area contributed by atoms with Gasteiger partial charge >= 0.3 is 0 Å². The smallest absolute Gasteiger partial charge is 0.188 e. The Morgan fingerprint density at radius 3 is 2.89 bits per heavy atom. The highest BCUT2D eigenvalue weighted by atomic mass is 127. The average Bonchev–Trinajstić information content (AvgIpc) is 2.70. The normalized spacial score (nSPS) is 10.8. The van der Waals surface area contributed by atoms with Gasteiger partial charge in [-0.2, -0.15) is 0 Å². The zero-order valence-electron chi connectivity index (χ0n) is 9.15. The van der Waals surface area contributed by atoms with E-state index in [2.05, 4.69) is 32.9 Å². The fraction of sp³-hybridized carbons (Fsp3) is 0. The summed E-state index contributed by atoms with van der Waals surface area (Å²) in [6.07, 6.45) is 0. The number of nitrogens with one attached hydrogen (secondary N) is 1. The first kappa shape index (κ1) is 11.9. The van der Waals surface area contributed by atoms with Crippen molar-refractivity contribution in [3.63, 3.8) is 0 Å². The maximum Gasteiger partial charge on any atom is 0.188 e. The average molecular weight is 370 g/mol. The Bertz CT molecular complexity index is 711. The maximum absolute atomic E-state index is 13.1. The minimum atomic E-state index is -0.256. The summed E-state index contributed by atoms with van der Waals surface area (Å²) in [6.45, 7) is 0. The number of anilines is 2. The highest BCUT2D eigenvalue weighted by molar-refractivity contribution is 14.1. The van der Waals surface area contributed by atoms with E-state index >= 15 is 0 Å². The summed E-state index contributed by atoms with van der Waals surface area (Å²) < 4.78 is 15.2. The fourth-order valence-electron chi connectivity index (χ4n) is 1.64. The molecule has 3 rings (SSSR count). The zero-order valence-corrected chi connectivity index (χ0v) is 12.1. The van der Waals surface area contributed by atoms with Gasteiger partial charge in [-0.1, -0.05) is 17.4 Å². The molecule has 3 aromatic rings. The van der Waals surface area contributed by atoms with Crippen LogP contribution in [0.25, 0.3) is 10.2 Å². The van der Waals surface area contributed by atoms with E-state index in [4.69, 9.17) is 0 Å². The molecule has 1 N–H and O–H groups in total. The van der Waals surface area contributed by atoms with Crippen LogP contribution in [-0.4, -0.2) is 4.98 Å². The van der Waals surface area contributed by atoms with E-state index in [-0.39, 0.29) is 5.82 Å². The van der Waals surface area contributed by atoms with E-state index in [0.29, 0.717) is 5.52 Å². The van der Waals surface area contributed by atoms with Gasteiger partial charge in [0.1, 0.15) is 5.82 Å². The molecule has 0 unspecified atom stereocenters. The molecule has 18 heavy (non-hydrogen) atoms. The number of thiazole rings is 1. The molecule has 0 spiro atoms. The molecule has 2 aromatic carbocycles. The Kier molecular flexibility index (Phi) is 3.17. The molecule has 0 amide bonds. The van der Waals surface area contributed by atoms with E-state index in [1.165, 1.54) is 23.5 Å². The van der Waals surface area contributed by atoms with Gasteiger partial charge in [-0.15, -0.1) is 0 Å². The molecule has 5 heteroatoms. The van der Waals surface area contributed by atoms with E-state index < -0.39 is 0 Å². The molecule has 0 aliphatic carbocycles. The number of nitrogens with zero attached hydrogens (tertiary/aromatic N) is 1. The first-order valence-corrected chi connectivity index (χ1v) is 7.19. The lowest BCUT2D eigenvalue weighted by Gasteiger charge is -2.01. The van der Waals surface area contributed by atoms with Gasteiger partial charge in [0, 0.05) is 15.3 Å². The van der Waals surface area contributed by atoms with Crippen molar-refractivity contribution in [1.29, 1.82) is 0 Å². The van der Waals surface area contributed by atoms with Crippen LogP contribution in [0.3, 0.4) is 0 Å². The van der Waals surface area contributed by atoms with Crippen molar-refractivity contribution < 1.29 is 4.39 Å². The molecule has 0 aliphatic heterocycles. The lowest BCUT2D eigenvalue weighted by Crippen LogP contribution is -1.88. The number of halogens is 2. The first-order valence-electron chi connectivity index (χ1n) is 5.29. The molecule has 0 saturated carbocycles. The van der Waals surface area contributed by atoms with Gasteiger partial charge in [0.25, 0.3) is 0 Å². The maximum atomic E-state index is 13.1. The predicted molar refractivity (Wildman–Crippen MR) is 82.0 cm³/mol. The van der Waals surface area contributed by atoms with Crippen LogP contribution in [0.5, 0.6) is 0 Å². The van der Waals surface area contributed by atoms with Crippen molar-refractivity contribution in [3.8, 4) is 0 Å². The van der Waals surface area contributed by atoms with Crippen molar-refractivity contribution >= 4 is 55.0 Å². The van der Waals surface area contributed by atoms with Crippen LogP contribution in [0.15, 0.2) is 42.5 Å². The molecule has 2 nitrogen and oxygen atoms in total. The van der Waals surface area contributed by atoms with Crippen molar-refractivity contribution in [3.05, 3.63) is 51.9 Å². The molecule has 0 bridgehead atoms. The summed E-state index contributed by atoms with van der Waals surface area (Å²) in [5.74, 6) is -0.256. The van der Waals surface area contributed by atoms with E-state index in [1.807, 2.05) is 24.3 Å². The van der Waals surface area contributed by atoms with Crippen molar-refractivity contribution in [1.82, 2.24) is 4.98 Å². The third kappa shape index (κ3) is 2.46. The van der Waals surface area contributed by atoms with Gasteiger partial charge in [-0.3, -0.25) is 0 Å². The molecule has 1 heterocycles. The van der Waals surface area contributed by atoms with Gasteiger partial charge in [0.15, 0.2) is 5.13 Å². The Labute approximate surface area is 121 Å². The summed E-state index contributed by atoms with van der Waals surface area (Å²) in [6, 6.07) is 12.7. The third-order valence-electron chi connectivity index (χ3n) is 2.43. The Hall–Kier alpha value is -1.21. The summed E-state index contributed by atoms with van der Waals surface area (Å²) in [5, 5.41) is 4.01. The molecular formula is C13H8FIN2S. The van der Waals surface area contributed by atoms with Gasteiger partial charge < -0.3 is 5.32 Å². The minimum Gasteiger partial charge on any atom is -0.331 e. The van der Waals surface area contributed by atoms with Gasteiger partial charge in [0.2, 0.25) is 0 Å². The standard InChI is InChI=1S/C13H8FIN2S/c14-8-4-5-12-11(6-8)17-13(18-12)16-10-3-1-2-9(15)7-10/h1-7H,(H,16,17). The highest BCUT2D eigenvalue weighted by Crippen LogP contribution is 2.28. The Morgan fingerprint density at radius 1 is 1.17 bits per heavy atom. The molecule has 0 saturated heterocycles. The third-order valence-corrected chi connectivity index (χ3v) is 4.05. The van der Waals surface area contributed by atoms with E-state index in [9.17, 15) is 4.39 Å². The molecule has 1 aromatic heterocycles. The second kappa shape index (κ2) is 4.81. The van der Waals surface area contributed by atoms with Gasteiger partial charge in [-0.25, -0.2) is 9.37 Å². The Morgan fingerprint density at radius 2 is 2.06 bits per heavy atom.